The zero-order chi connectivity index (χ0) is 88.1. The van der Waals surface area contributed by atoms with Gasteiger partial charge in [-0.05, 0) is 64.2 Å². The molecule has 5 aliphatic rings. The average molecular weight is 1690 g/mol. The number of carbonyl (C=O) groups is 10. The van der Waals surface area contributed by atoms with E-state index in [0.717, 1.165) is 130 Å². The lowest BCUT2D eigenvalue weighted by molar-refractivity contribution is -0.129. The lowest BCUT2D eigenvalue weighted by Crippen LogP contribution is -2.33. The van der Waals surface area contributed by atoms with Crippen molar-refractivity contribution in [2.75, 3.05) is 98.2 Å². The predicted molar refractivity (Wildman–Crippen MR) is 499 cm³/mol. The minimum atomic E-state index is -0.132. The van der Waals surface area contributed by atoms with Crippen molar-refractivity contribution in [1.29, 1.82) is 0 Å². The van der Waals surface area contributed by atoms with E-state index in [1.165, 1.54) is 289 Å². The van der Waals surface area contributed by atoms with Crippen LogP contribution >= 0.6 is 0 Å². The van der Waals surface area contributed by atoms with Gasteiger partial charge in [0.15, 0.2) is 0 Å². The number of rotatable bonds is 70. The highest BCUT2D eigenvalue weighted by Gasteiger charge is 2.38. The Morgan fingerprint density at radius 3 is 0.442 bits per heavy atom. The zero-order valence-corrected chi connectivity index (χ0v) is 79.7. The van der Waals surface area contributed by atoms with Crippen LogP contribution in [0.1, 0.15) is 454 Å². The lowest BCUT2D eigenvalue weighted by Gasteiger charge is -2.16. The van der Waals surface area contributed by atoms with Gasteiger partial charge in [-0.25, -0.2) is 0 Å². The third kappa shape index (κ3) is 58.8. The Bertz CT molecular complexity index is 2580. The molecule has 5 saturated heterocycles. The van der Waals surface area contributed by atoms with Crippen LogP contribution in [0.5, 0.6) is 0 Å². The number of hydrogen-bond acceptors (Lipinski definition) is 10. The largest absolute Gasteiger partial charge is 0.356 e. The molecule has 5 unspecified atom stereocenters. The van der Waals surface area contributed by atoms with Crippen molar-refractivity contribution in [2.45, 2.75) is 454 Å². The van der Waals surface area contributed by atoms with Crippen molar-refractivity contribution in [3.63, 3.8) is 0 Å². The average Bonchev–Trinajstić information content (AvgIpc) is 1.75. The molecule has 5 N–H and O–H groups in total. The Balaban J connectivity index is 0.000000751. The Morgan fingerprint density at radius 1 is 0.192 bits per heavy atom. The monoisotopic (exact) mass is 1690 g/mol. The molecule has 0 bridgehead atoms. The van der Waals surface area contributed by atoms with Crippen LogP contribution < -0.4 is 26.6 Å². The van der Waals surface area contributed by atoms with Gasteiger partial charge < -0.3 is 51.1 Å². The van der Waals surface area contributed by atoms with Crippen molar-refractivity contribution in [3.05, 3.63) is 0 Å². The molecule has 0 saturated carbocycles. The standard InChI is InChI=1S/C22H42N2O2.C21H40N2O2.C20H38N2O2.C19H36N2O2.C18H34N2O2/c1-3-5-7-9-10-11-12-13-15-17-24-19-20(18-21(24)25)22(26)23-16-14-8-6-4-2;1-3-5-7-9-10-11-12-14-16-23-18-19(17-20(23)24)21(25)22-15-13-8-6-4-2;1-3-5-7-9-10-11-13-15-22-17-18(16-19(22)23)20(24)21-14-12-8-6-4-2;1-3-5-7-9-10-12-14-21-16-17(15-18(21)22)19(23)20-13-11-8-6-4-2;1-3-5-7-9-11-13-20-15-16(14-17(20)21)18(22)19-12-10-8-6-4-2/h20H,3-19H2,1-2H3,(H,23,26);19H,3-18H2,1-2H3,(H,22,25);18H,3-17H2,1-2H3,(H,21,24);17H,3-16H2,1-2H3,(H,20,23);16H,3-15H2,1-2H3,(H,19,22). The molecule has 10 amide bonds. The molecule has 5 fully saturated rings. The molecular formula is C100H190N10O10. The van der Waals surface area contributed by atoms with Crippen molar-refractivity contribution >= 4 is 59.1 Å². The van der Waals surface area contributed by atoms with Crippen LogP contribution in [0.25, 0.3) is 0 Å². The van der Waals surface area contributed by atoms with Crippen LogP contribution in [0, 0.1) is 29.6 Å². The summed E-state index contributed by atoms with van der Waals surface area (Å²) in [5, 5.41) is 15.0. The van der Waals surface area contributed by atoms with Gasteiger partial charge in [0.2, 0.25) is 59.1 Å². The summed E-state index contributed by atoms with van der Waals surface area (Å²) in [6.45, 7) is 33.1. The van der Waals surface area contributed by atoms with Crippen LogP contribution in [0.15, 0.2) is 0 Å². The van der Waals surface area contributed by atoms with E-state index in [0.29, 0.717) is 64.8 Å². The fourth-order valence-corrected chi connectivity index (χ4v) is 16.7. The topological polar surface area (TPSA) is 247 Å². The van der Waals surface area contributed by atoms with Gasteiger partial charge in [-0.15, -0.1) is 0 Å². The third-order valence-corrected chi connectivity index (χ3v) is 24.7. The van der Waals surface area contributed by atoms with E-state index in [4.69, 9.17) is 0 Å². The van der Waals surface area contributed by atoms with Crippen LogP contribution in [0.4, 0.5) is 0 Å². The molecule has 0 aromatic carbocycles. The molecule has 20 nitrogen and oxygen atoms in total. The smallest absolute Gasteiger partial charge is 0.225 e. The highest BCUT2D eigenvalue weighted by Crippen LogP contribution is 2.25. The van der Waals surface area contributed by atoms with Gasteiger partial charge in [-0.1, -0.05) is 358 Å². The van der Waals surface area contributed by atoms with Crippen molar-refractivity contribution in [3.8, 4) is 0 Å². The Labute approximate surface area is 736 Å². The van der Waals surface area contributed by atoms with E-state index >= 15 is 0 Å². The van der Waals surface area contributed by atoms with E-state index in [-0.39, 0.29) is 88.7 Å². The first kappa shape index (κ1) is 113. The molecule has 5 atom stereocenters. The summed E-state index contributed by atoms with van der Waals surface area (Å²) in [5.74, 6) is 0.493. The van der Waals surface area contributed by atoms with Crippen LogP contribution in [0.3, 0.4) is 0 Å². The number of carbonyl (C=O) groups excluding carboxylic acids is 10. The summed E-state index contributed by atoms with van der Waals surface area (Å²) in [5.41, 5.74) is 0. The fourth-order valence-electron chi connectivity index (χ4n) is 16.7. The Kier molecular flexibility index (Phi) is 74.8. The molecule has 5 aliphatic heterocycles. The molecule has 5 rings (SSSR count). The van der Waals surface area contributed by atoms with E-state index < -0.39 is 0 Å². The minimum Gasteiger partial charge on any atom is -0.356 e. The minimum absolute atomic E-state index is 0.0679. The molecule has 0 aliphatic carbocycles. The second-order valence-corrected chi connectivity index (χ2v) is 36.1. The molecule has 0 radical (unpaired) electrons. The number of likely N-dealkylation sites (tertiary alicyclic amines) is 5. The normalized spacial score (nSPS) is 17.5. The molecular weight excluding hydrogens is 1500 g/mol. The summed E-state index contributed by atoms with van der Waals surface area (Å²) >= 11 is 0. The molecule has 0 spiro atoms. The van der Waals surface area contributed by atoms with Crippen LogP contribution in [-0.4, -0.2) is 182 Å². The van der Waals surface area contributed by atoms with E-state index in [1.54, 1.807) is 0 Å². The second-order valence-electron chi connectivity index (χ2n) is 36.1. The summed E-state index contributed by atoms with van der Waals surface area (Å²) in [4.78, 5) is 130. The summed E-state index contributed by atoms with van der Waals surface area (Å²) in [6, 6.07) is 0. The van der Waals surface area contributed by atoms with Gasteiger partial charge in [0.1, 0.15) is 0 Å². The maximum Gasteiger partial charge on any atom is 0.225 e. The fraction of sp³-hybridized carbons (Fsp3) is 0.900. The number of unbranched alkanes of at least 4 members (excludes halogenated alkanes) is 45. The zero-order valence-electron chi connectivity index (χ0n) is 79.7. The predicted octanol–water partition coefficient (Wildman–Crippen LogP) is 21.4. The molecule has 5 heterocycles. The first-order valence-electron chi connectivity index (χ1n) is 51.2. The highest BCUT2D eigenvalue weighted by atomic mass is 16.2. The summed E-state index contributed by atoms with van der Waals surface area (Å²) < 4.78 is 0. The summed E-state index contributed by atoms with van der Waals surface area (Å²) in [6.07, 6.45) is 69.3. The van der Waals surface area contributed by atoms with Crippen molar-refractivity contribution in [2.24, 2.45) is 29.6 Å². The van der Waals surface area contributed by atoms with Gasteiger partial charge in [-0.3, -0.25) is 47.9 Å². The van der Waals surface area contributed by atoms with Gasteiger partial charge in [0.25, 0.3) is 0 Å². The van der Waals surface area contributed by atoms with E-state index in [1.807, 2.05) is 24.5 Å². The molecule has 20 heteroatoms. The molecule has 120 heavy (non-hydrogen) atoms. The quantitative estimate of drug-likeness (QED) is 0.0360. The molecule has 700 valence electrons. The number of hydrogen-bond donors (Lipinski definition) is 5. The van der Waals surface area contributed by atoms with E-state index in [2.05, 4.69) is 95.8 Å². The number of nitrogens with one attached hydrogen (secondary N) is 5. The van der Waals surface area contributed by atoms with Gasteiger partial charge in [0.05, 0.1) is 29.6 Å². The van der Waals surface area contributed by atoms with E-state index in [9.17, 15) is 47.9 Å². The second kappa shape index (κ2) is 79.6. The maximum atomic E-state index is 12.2. The number of amides is 10. The molecule has 0 aromatic heterocycles. The van der Waals surface area contributed by atoms with Gasteiger partial charge in [-0.2, -0.15) is 0 Å². The van der Waals surface area contributed by atoms with Crippen LogP contribution in [-0.2, 0) is 47.9 Å². The lowest BCUT2D eigenvalue weighted by atomic mass is 10.1. The Hall–Kier alpha value is -5.30. The van der Waals surface area contributed by atoms with Crippen molar-refractivity contribution < 1.29 is 47.9 Å². The third-order valence-electron chi connectivity index (χ3n) is 24.7. The SMILES string of the molecule is CCCCCCCCCCCN1CC(C(=O)NCCCCCC)CC1=O.CCCCCCCCCCN1CC(C(=O)NCCCCCC)CC1=O.CCCCCCCCCN1CC(C(=O)NCCCCCC)CC1=O.CCCCCCCCN1CC(C(=O)NCCCCCC)CC1=O.CCCCCCCN1CC(C(=O)NCCCCCC)CC1=O. The van der Waals surface area contributed by atoms with Gasteiger partial charge >= 0.3 is 0 Å². The maximum absolute atomic E-state index is 12.2. The first-order chi connectivity index (χ1) is 58.4. The Morgan fingerprint density at radius 2 is 0.308 bits per heavy atom. The summed E-state index contributed by atoms with van der Waals surface area (Å²) in [7, 11) is 0. The van der Waals surface area contributed by atoms with Gasteiger partial charge in [0, 0.05) is 130 Å². The highest BCUT2D eigenvalue weighted by molar-refractivity contribution is 5.92. The molecule has 0 aromatic rings. The first-order valence-corrected chi connectivity index (χ1v) is 51.2. The van der Waals surface area contributed by atoms with Crippen molar-refractivity contribution in [1.82, 2.24) is 51.1 Å². The van der Waals surface area contributed by atoms with Crippen LogP contribution in [0.2, 0.25) is 0 Å². The number of nitrogens with zero attached hydrogens (tertiary/aromatic N) is 5.